The number of likely N-dealkylation sites (tertiary alicyclic amines) is 1. The van der Waals surface area contributed by atoms with Crippen molar-refractivity contribution in [3.05, 3.63) is 29.8 Å². The number of hydrogen-bond acceptors (Lipinski definition) is 4. The van der Waals surface area contributed by atoms with Crippen LogP contribution in [0.2, 0.25) is 0 Å². The van der Waals surface area contributed by atoms with E-state index < -0.39 is 11.7 Å². The third-order valence-electron chi connectivity index (χ3n) is 5.27. The van der Waals surface area contributed by atoms with Crippen molar-refractivity contribution in [2.24, 2.45) is 0 Å². The number of aliphatic hydroxyl groups is 1. The number of piperidine rings is 1. The van der Waals surface area contributed by atoms with Crippen LogP contribution in [0.15, 0.2) is 24.3 Å². The van der Waals surface area contributed by atoms with Crippen LogP contribution in [-0.2, 0) is 6.18 Å². The predicted octanol–water partition coefficient (Wildman–Crippen LogP) is 2.28. The molecule has 1 aromatic carbocycles. The fourth-order valence-corrected chi connectivity index (χ4v) is 3.90. The molecular weight excluding hydrogens is 331 g/mol. The van der Waals surface area contributed by atoms with Gasteiger partial charge in [-0.25, -0.2) is 0 Å². The molecule has 0 radical (unpaired) electrons. The molecule has 1 unspecified atom stereocenters. The van der Waals surface area contributed by atoms with Gasteiger partial charge in [-0.1, -0.05) is 6.07 Å². The van der Waals surface area contributed by atoms with E-state index in [-0.39, 0.29) is 6.61 Å². The minimum absolute atomic E-state index is 0.191. The molecule has 3 rings (SSSR count). The fraction of sp³-hybridized carbons (Fsp3) is 0.667. The van der Waals surface area contributed by atoms with Gasteiger partial charge in [-0.3, -0.25) is 9.80 Å². The third kappa shape index (κ3) is 4.65. The standard InChI is InChI=1S/C18H26F3N3O/c19-18(20,21)15-3-1-4-16(13-15)23-7-9-24(10-8-23)17-5-2-6-22(14-17)11-12-25/h1,3-4,13,17,25H,2,5-12,14H2. The van der Waals surface area contributed by atoms with Crippen LogP contribution in [0.4, 0.5) is 18.9 Å². The largest absolute Gasteiger partial charge is 0.416 e. The summed E-state index contributed by atoms with van der Waals surface area (Å²) in [6.07, 6.45) is -2.00. The SMILES string of the molecule is OCCN1CCCC(N2CCN(c3cccc(C(F)(F)F)c3)CC2)C1. The van der Waals surface area contributed by atoms with Crippen molar-refractivity contribution in [3.8, 4) is 0 Å². The van der Waals surface area contributed by atoms with Crippen molar-refractivity contribution in [3.63, 3.8) is 0 Å². The third-order valence-corrected chi connectivity index (χ3v) is 5.27. The number of halogens is 3. The molecule has 1 atom stereocenters. The van der Waals surface area contributed by atoms with Crippen LogP contribution in [0, 0.1) is 0 Å². The number of β-amino-alcohol motifs (C(OH)–C–C–N with tert-alkyl or cyclic N) is 1. The Bertz CT molecular complexity index is 557. The maximum Gasteiger partial charge on any atom is 0.416 e. The van der Waals surface area contributed by atoms with Gasteiger partial charge in [0.05, 0.1) is 12.2 Å². The van der Waals surface area contributed by atoms with Crippen LogP contribution < -0.4 is 4.90 Å². The first-order chi connectivity index (χ1) is 12.0. The summed E-state index contributed by atoms with van der Waals surface area (Å²) in [7, 11) is 0. The van der Waals surface area contributed by atoms with E-state index in [1.54, 1.807) is 6.07 Å². The van der Waals surface area contributed by atoms with Gasteiger partial charge in [0.15, 0.2) is 0 Å². The fourth-order valence-electron chi connectivity index (χ4n) is 3.90. The Labute approximate surface area is 146 Å². The summed E-state index contributed by atoms with van der Waals surface area (Å²) < 4.78 is 38.7. The van der Waals surface area contributed by atoms with Gasteiger partial charge < -0.3 is 10.0 Å². The molecule has 7 heteroatoms. The Balaban J connectivity index is 1.57. The molecule has 4 nitrogen and oxygen atoms in total. The van der Waals surface area contributed by atoms with Crippen molar-refractivity contribution >= 4 is 5.69 Å². The normalized spacial score (nSPS) is 23.8. The zero-order valence-electron chi connectivity index (χ0n) is 14.4. The maximum absolute atomic E-state index is 12.9. The van der Waals surface area contributed by atoms with Gasteiger partial charge in [-0.2, -0.15) is 13.2 Å². The van der Waals surface area contributed by atoms with Gasteiger partial charge in [0, 0.05) is 51.0 Å². The summed E-state index contributed by atoms with van der Waals surface area (Å²) in [6.45, 7) is 6.17. The average molecular weight is 357 g/mol. The van der Waals surface area contributed by atoms with E-state index in [1.807, 2.05) is 4.90 Å². The number of benzene rings is 1. The molecule has 1 N–H and O–H groups in total. The number of hydrogen-bond donors (Lipinski definition) is 1. The molecule has 0 saturated carbocycles. The highest BCUT2D eigenvalue weighted by atomic mass is 19.4. The van der Waals surface area contributed by atoms with E-state index in [9.17, 15) is 13.2 Å². The zero-order chi connectivity index (χ0) is 17.9. The smallest absolute Gasteiger partial charge is 0.395 e. The second-order valence-corrected chi connectivity index (χ2v) is 6.89. The number of alkyl halides is 3. The monoisotopic (exact) mass is 357 g/mol. The van der Waals surface area contributed by atoms with Crippen LogP contribution >= 0.6 is 0 Å². The second kappa shape index (κ2) is 7.93. The van der Waals surface area contributed by atoms with E-state index in [2.05, 4.69) is 9.80 Å². The first-order valence-corrected chi connectivity index (χ1v) is 8.97. The highest BCUT2D eigenvalue weighted by Crippen LogP contribution is 2.32. The van der Waals surface area contributed by atoms with Gasteiger partial charge in [0.25, 0.3) is 0 Å². The molecule has 140 valence electrons. The molecule has 25 heavy (non-hydrogen) atoms. The Morgan fingerprint density at radius 2 is 1.84 bits per heavy atom. The number of anilines is 1. The number of rotatable bonds is 4. The lowest BCUT2D eigenvalue weighted by Gasteiger charge is -2.44. The lowest BCUT2D eigenvalue weighted by molar-refractivity contribution is -0.137. The molecule has 0 amide bonds. The summed E-state index contributed by atoms with van der Waals surface area (Å²) in [4.78, 5) is 6.79. The minimum atomic E-state index is -4.30. The van der Waals surface area contributed by atoms with Gasteiger partial charge >= 0.3 is 6.18 Å². The number of aliphatic hydroxyl groups excluding tert-OH is 1. The zero-order valence-corrected chi connectivity index (χ0v) is 14.4. The van der Waals surface area contributed by atoms with E-state index in [0.29, 0.717) is 11.7 Å². The van der Waals surface area contributed by atoms with Crippen LogP contribution in [0.25, 0.3) is 0 Å². The minimum Gasteiger partial charge on any atom is -0.395 e. The highest BCUT2D eigenvalue weighted by Gasteiger charge is 2.32. The molecule has 0 aromatic heterocycles. The van der Waals surface area contributed by atoms with Gasteiger partial charge in [0.2, 0.25) is 0 Å². The molecule has 2 heterocycles. The van der Waals surface area contributed by atoms with Crippen molar-refractivity contribution in [1.82, 2.24) is 9.80 Å². The van der Waals surface area contributed by atoms with Crippen LogP contribution in [-0.4, -0.2) is 73.4 Å². The number of piperazine rings is 1. The molecule has 2 fully saturated rings. The van der Waals surface area contributed by atoms with E-state index >= 15 is 0 Å². The Kier molecular flexibility index (Phi) is 5.86. The van der Waals surface area contributed by atoms with Crippen LogP contribution in [0.3, 0.4) is 0 Å². The predicted molar refractivity (Wildman–Crippen MR) is 91.8 cm³/mol. The second-order valence-electron chi connectivity index (χ2n) is 6.89. The Hall–Kier alpha value is -1.31. The Morgan fingerprint density at radius 1 is 1.08 bits per heavy atom. The molecule has 2 aliphatic rings. The molecule has 1 aromatic rings. The Morgan fingerprint density at radius 3 is 2.52 bits per heavy atom. The van der Waals surface area contributed by atoms with E-state index in [1.165, 1.54) is 12.1 Å². The molecule has 2 saturated heterocycles. The van der Waals surface area contributed by atoms with Gasteiger partial charge in [-0.15, -0.1) is 0 Å². The molecule has 2 aliphatic heterocycles. The van der Waals surface area contributed by atoms with Gasteiger partial charge in [-0.05, 0) is 37.6 Å². The number of nitrogens with zero attached hydrogens (tertiary/aromatic N) is 3. The molecule has 0 spiro atoms. The summed E-state index contributed by atoms with van der Waals surface area (Å²) in [5, 5.41) is 9.11. The lowest BCUT2D eigenvalue weighted by atomic mass is 10.0. The molecular formula is C18H26F3N3O. The summed E-state index contributed by atoms with van der Waals surface area (Å²) in [6, 6.07) is 6.10. The molecule has 0 aliphatic carbocycles. The van der Waals surface area contributed by atoms with Crippen molar-refractivity contribution in [1.29, 1.82) is 0 Å². The summed E-state index contributed by atoms with van der Waals surface area (Å²) in [5.41, 5.74) is 0.0689. The maximum atomic E-state index is 12.9. The summed E-state index contributed by atoms with van der Waals surface area (Å²) in [5.74, 6) is 0. The van der Waals surface area contributed by atoms with Crippen LogP contribution in [0.1, 0.15) is 18.4 Å². The molecule has 0 bridgehead atoms. The lowest BCUT2D eigenvalue weighted by Crippen LogP contribution is -2.55. The highest BCUT2D eigenvalue weighted by molar-refractivity contribution is 5.49. The van der Waals surface area contributed by atoms with Crippen molar-refractivity contribution in [2.75, 3.05) is 57.3 Å². The van der Waals surface area contributed by atoms with Crippen LogP contribution in [0.5, 0.6) is 0 Å². The van der Waals surface area contributed by atoms with Crippen molar-refractivity contribution in [2.45, 2.75) is 25.1 Å². The first-order valence-electron chi connectivity index (χ1n) is 8.97. The van der Waals surface area contributed by atoms with E-state index in [0.717, 1.165) is 64.7 Å². The van der Waals surface area contributed by atoms with E-state index in [4.69, 9.17) is 5.11 Å². The van der Waals surface area contributed by atoms with Gasteiger partial charge in [0.1, 0.15) is 0 Å². The topological polar surface area (TPSA) is 30.0 Å². The quantitative estimate of drug-likeness (QED) is 0.896. The summed E-state index contributed by atoms with van der Waals surface area (Å²) >= 11 is 0. The van der Waals surface area contributed by atoms with Crippen molar-refractivity contribution < 1.29 is 18.3 Å². The average Bonchev–Trinajstić information content (AvgIpc) is 2.62. The first kappa shape index (κ1) is 18.5.